The Balaban J connectivity index is 2.05. The minimum absolute atomic E-state index is 0.0168. The number of nitrogens with two attached hydrogens (primary N) is 1. The lowest BCUT2D eigenvalue weighted by molar-refractivity contribution is 0.595. The summed E-state index contributed by atoms with van der Waals surface area (Å²) < 4.78 is 22.6. The molecule has 0 saturated heterocycles. The molecule has 0 amide bonds. The van der Waals surface area contributed by atoms with E-state index in [0.29, 0.717) is 12.8 Å². The third-order valence-electron chi connectivity index (χ3n) is 2.16. The Kier molecular flexibility index (Phi) is 3.22. The number of aryl methyl sites for hydroxylation is 1. The predicted molar refractivity (Wildman–Crippen MR) is 65.9 cm³/mol. The normalized spacial score (nSPS) is 12.1. The van der Waals surface area contributed by atoms with E-state index in [2.05, 4.69) is 4.98 Å². The first-order chi connectivity index (χ1) is 7.54. The molecular formula is C10H12N2O2S2. The third-order valence-corrected chi connectivity index (χ3v) is 4.11. The van der Waals surface area contributed by atoms with Crippen LogP contribution in [0.4, 0.5) is 0 Å². The maximum Gasteiger partial charge on any atom is 0.209 e. The van der Waals surface area contributed by atoms with Crippen LogP contribution in [0.3, 0.4) is 0 Å². The summed E-state index contributed by atoms with van der Waals surface area (Å²) in [5, 5.41) is 5.89. The van der Waals surface area contributed by atoms with Crippen molar-refractivity contribution in [2.75, 3.05) is 5.75 Å². The molecule has 0 spiro atoms. The highest BCUT2D eigenvalue weighted by molar-refractivity contribution is 7.89. The van der Waals surface area contributed by atoms with Crippen LogP contribution in [0.2, 0.25) is 0 Å². The standard InChI is InChI=1S/C10H12N2O2S2/c11-16(13,14)7-3-6-10-12-8-4-1-2-5-9(8)15-10/h1-2,4-5H,3,6-7H2,(H2,11,13,14). The second kappa shape index (κ2) is 4.48. The summed E-state index contributed by atoms with van der Waals surface area (Å²) in [6.45, 7) is 0. The number of rotatable bonds is 4. The highest BCUT2D eigenvalue weighted by atomic mass is 32.2. The number of hydrogen-bond acceptors (Lipinski definition) is 4. The van der Waals surface area contributed by atoms with Gasteiger partial charge in [-0.25, -0.2) is 18.5 Å². The Morgan fingerprint density at radius 1 is 1.31 bits per heavy atom. The van der Waals surface area contributed by atoms with Crippen LogP contribution >= 0.6 is 11.3 Å². The highest BCUT2D eigenvalue weighted by Gasteiger charge is 2.06. The first kappa shape index (κ1) is 11.5. The molecule has 1 aromatic carbocycles. The molecule has 0 radical (unpaired) electrons. The van der Waals surface area contributed by atoms with Crippen LogP contribution in [0.1, 0.15) is 11.4 Å². The number of sulfonamides is 1. The van der Waals surface area contributed by atoms with Gasteiger partial charge in [-0.15, -0.1) is 11.3 Å². The summed E-state index contributed by atoms with van der Waals surface area (Å²) in [7, 11) is -3.35. The molecule has 0 saturated carbocycles. The van der Waals surface area contributed by atoms with E-state index < -0.39 is 10.0 Å². The average molecular weight is 256 g/mol. The molecule has 0 bridgehead atoms. The molecule has 0 aliphatic heterocycles. The van der Waals surface area contributed by atoms with Crippen LogP contribution in [0.5, 0.6) is 0 Å². The SMILES string of the molecule is NS(=O)(=O)CCCc1nc2ccccc2s1. The summed E-state index contributed by atoms with van der Waals surface area (Å²) in [4.78, 5) is 4.42. The van der Waals surface area contributed by atoms with Gasteiger partial charge in [0, 0.05) is 6.42 Å². The highest BCUT2D eigenvalue weighted by Crippen LogP contribution is 2.22. The molecule has 2 aromatic rings. The Morgan fingerprint density at radius 2 is 2.06 bits per heavy atom. The Bertz CT molecular complexity index is 557. The van der Waals surface area contributed by atoms with Crippen molar-refractivity contribution < 1.29 is 8.42 Å². The molecule has 0 unspecified atom stereocenters. The van der Waals surface area contributed by atoms with Crippen LogP contribution in [0.25, 0.3) is 10.2 Å². The summed E-state index contributed by atoms with van der Waals surface area (Å²) in [5.41, 5.74) is 0.970. The molecule has 1 heterocycles. The fourth-order valence-corrected chi connectivity index (χ4v) is 3.01. The Morgan fingerprint density at radius 3 is 2.75 bits per heavy atom. The minimum atomic E-state index is -3.35. The number of fused-ring (bicyclic) bond motifs is 1. The lowest BCUT2D eigenvalue weighted by Crippen LogP contribution is -2.16. The van der Waals surface area contributed by atoms with E-state index in [1.54, 1.807) is 11.3 Å². The molecule has 0 fully saturated rings. The van der Waals surface area contributed by atoms with Gasteiger partial charge in [0.2, 0.25) is 10.0 Å². The van der Waals surface area contributed by atoms with E-state index in [4.69, 9.17) is 5.14 Å². The number of para-hydroxylation sites is 1. The van der Waals surface area contributed by atoms with Crippen molar-refractivity contribution in [3.05, 3.63) is 29.3 Å². The summed E-state index contributed by atoms with van der Waals surface area (Å²) >= 11 is 1.60. The molecular weight excluding hydrogens is 244 g/mol. The van der Waals surface area contributed by atoms with Gasteiger partial charge in [-0.2, -0.15) is 0 Å². The second-order valence-electron chi connectivity index (χ2n) is 3.55. The maximum absolute atomic E-state index is 10.8. The number of primary sulfonamides is 1. The zero-order valence-electron chi connectivity index (χ0n) is 8.59. The summed E-state index contributed by atoms with van der Waals surface area (Å²) in [5.74, 6) is 0.0168. The van der Waals surface area contributed by atoms with E-state index in [9.17, 15) is 8.42 Å². The van der Waals surface area contributed by atoms with Crippen molar-refractivity contribution in [1.82, 2.24) is 4.98 Å². The zero-order chi connectivity index (χ0) is 11.6. The first-order valence-electron chi connectivity index (χ1n) is 4.89. The fourth-order valence-electron chi connectivity index (χ4n) is 1.45. The summed E-state index contributed by atoms with van der Waals surface area (Å²) in [6, 6.07) is 7.87. The molecule has 2 N–H and O–H groups in total. The Hall–Kier alpha value is -0.980. The van der Waals surface area contributed by atoms with Crippen molar-refractivity contribution in [2.45, 2.75) is 12.8 Å². The van der Waals surface area contributed by atoms with Gasteiger partial charge in [-0.3, -0.25) is 0 Å². The van der Waals surface area contributed by atoms with E-state index in [1.807, 2.05) is 24.3 Å². The molecule has 6 heteroatoms. The first-order valence-corrected chi connectivity index (χ1v) is 7.43. The van der Waals surface area contributed by atoms with Gasteiger partial charge in [-0.05, 0) is 18.6 Å². The van der Waals surface area contributed by atoms with Crippen molar-refractivity contribution in [2.24, 2.45) is 5.14 Å². The average Bonchev–Trinajstić information content (AvgIpc) is 2.57. The van der Waals surface area contributed by atoms with Crippen molar-refractivity contribution in [1.29, 1.82) is 0 Å². The number of thiazole rings is 1. The van der Waals surface area contributed by atoms with E-state index >= 15 is 0 Å². The van der Waals surface area contributed by atoms with Crippen molar-refractivity contribution >= 4 is 31.6 Å². The lowest BCUT2D eigenvalue weighted by atomic mass is 10.3. The van der Waals surface area contributed by atoms with E-state index in [-0.39, 0.29) is 5.75 Å². The van der Waals surface area contributed by atoms with Crippen LogP contribution in [0, 0.1) is 0 Å². The molecule has 0 aliphatic rings. The predicted octanol–water partition coefficient (Wildman–Crippen LogP) is 1.52. The Labute approximate surface area is 98.2 Å². The van der Waals surface area contributed by atoms with Crippen LogP contribution in [-0.4, -0.2) is 19.2 Å². The van der Waals surface area contributed by atoms with Crippen LogP contribution in [-0.2, 0) is 16.4 Å². The van der Waals surface area contributed by atoms with Gasteiger partial charge in [-0.1, -0.05) is 12.1 Å². The topological polar surface area (TPSA) is 73.1 Å². The number of aromatic nitrogens is 1. The largest absolute Gasteiger partial charge is 0.241 e. The van der Waals surface area contributed by atoms with Gasteiger partial charge < -0.3 is 0 Å². The smallest absolute Gasteiger partial charge is 0.209 e. The fraction of sp³-hybridized carbons (Fsp3) is 0.300. The van der Waals surface area contributed by atoms with Crippen LogP contribution in [0.15, 0.2) is 24.3 Å². The zero-order valence-corrected chi connectivity index (χ0v) is 10.2. The van der Waals surface area contributed by atoms with Crippen molar-refractivity contribution in [3.63, 3.8) is 0 Å². The molecule has 2 rings (SSSR count). The van der Waals surface area contributed by atoms with E-state index in [1.165, 1.54) is 0 Å². The maximum atomic E-state index is 10.8. The van der Waals surface area contributed by atoms with Gasteiger partial charge in [0.25, 0.3) is 0 Å². The number of benzene rings is 1. The minimum Gasteiger partial charge on any atom is -0.241 e. The second-order valence-corrected chi connectivity index (χ2v) is 6.40. The third kappa shape index (κ3) is 3.01. The van der Waals surface area contributed by atoms with Gasteiger partial charge in [0.15, 0.2) is 0 Å². The van der Waals surface area contributed by atoms with Crippen LogP contribution < -0.4 is 5.14 Å². The quantitative estimate of drug-likeness (QED) is 0.901. The molecule has 0 aliphatic carbocycles. The molecule has 16 heavy (non-hydrogen) atoms. The lowest BCUT2D eigenvalue weighted by Gasteiger charge is -1.95. The molecule has 4 nitrogen and oxygen atoms in total. The summed E-state index contributed by atoms with van der Waals surface area (Å²) in [6.07, 6.45) is 1.19. The van der Waals surface area contributed by atoms with Gasteiger partial charge in [0.1, 0.15) is 0 Å². The van der Waals surface area contributed by atoms with E-state index in [0.717, 1.165) is 15.2 Å². The van der Waals surface area contributed by atoms with Gasteiger partial charge in [0.05, 0.1) is 21.0 Å². The number of nitrogens with zero attached hydrogens (tertiary/aromatic N) is 1. The van der Waals surface area contributed by atoms with Crippen molar-refractivity contribution in [3.8, 4) is 0 Å². The molecule has 86 valence electrons. The monoisotopic (exact) mass is 256 g/mol. The number of hydrogen-bond donors (Lipinski definition) is 1. The van der Waals surface area contributed by atoms with Gasteiger partial charge >= 0.3 is 0 Å². The molecule has 0 atom stereocenters. The molecule has 1 aromatic heterocycles.